The molecule has 0 saturated heterocycles. The maximum absolute atomic E-state index is 10.9. The van der Waals surface area contributed by atoms with E-state index in [1.165, 1.54) is 31.9 Å². The van der Waals surface area contributed by atoms with E-state index in [4.69, 9.17) is 5.11 Å². The molecule has 0 saturated carbocycles. The Balaban J connectivity index is 3.47. The van der Waals surface area contributed by atoms with Crippen LogP contribution in [0.25, 0.3) is 0 Å². The summed E-state index contributed by atoms with van der Waals surface area (Å²) < 4.78 is 4.65. The number of esters is 1. The highest BCUT2D eigenvalue weighted by molar-refractivity contribution is 5.90. The standard InChI is InChI=1S/C13H20O4/c1-2-3-4-5-6-7-8-11-17-13(16)10-9-12(14)15/h8-11H,2-7H2,1H3,(H,14,15)/b10-9+,11-8?. The normalized spacial score (nSPS) is 11.1. The van der Waals surface area contributed by atoms with Crippen LogP contribution < -0.4 is 0 Å². The van der Waals surface area contributed by atoms with Crippen LogP contribution in [-0.4, -0.2) is 17.0 Å². The van der Waals surface area contributed by atoms with Crippen LogP contribution in [-0.2, 0) is 14.3 Å². The predicted molar refractivity (Wildman–Crippen MR) is 65.4 cm³/mol. The highest BCUT2D eigenvalue weighted by Gasteiger charge is 1.94. The number of hydrogen-bond donors (Lipinski definition) is 1. The number of carboxylic acids is 1. The number of unbranched alkanes of at least 4 members (excludes halogenated alkanes) is 5. The van der Waals surface area contributed by atoms with Crippen molar-refractivity contribution >= 4 is 11.9 Å². The fourth-order valence-electron chi connectivity index (χ4n) is 1.23. The molecule has 17 heavy (non-hydrogen) atoms. The molecule has 0 atom stereocenters. The van der Waals surface area contributed by atoms with E-state index < -0.39 is 11.9 Å². The Hall–Kier alpha value is -1.58. The first-order chi connectivity index (χ1) is 8.16. The van der Waals surface area contributed by atoms with Gasteiger partial charge in [0.2, 0.25) is 0 Å². The van der Waals surface area contributed by atoms with E-state index in [0.717, 1.165) is 25.0 Å². The minimum atomic E-state index is -1.16. The van der Waals surface area contributed by atoms with E-state index in [1.807, 2.05) is 0 Å². The molecule has 0 spiro atoms. The molecule has 96 valence electrons. The van der Waals surface area contributed by atoms with Crippen LogP contribution in [0.15, 0.2) is 24.5 Å². The molecule has 0 heterocycles. The molecule has 0 rings (SSSR count). The topological polar surface area (TPSA) is 63.6 Å². The number of carboxylic acid groups (broad SMARTS) is 1. The van der Waals surface area contributed by atoms with Gasteiger partial charge in [0.15, 0.2) is 0 Å². The van der Waals surface area contributed by atoms with Crippen molar-refractivity contribution in [3.8, 4) is 0 Å². The molecule has 0 radical (unpaired) electrons. The molecule has 0 fully saturated rings. The van der Waals surface area contributed by atoms with E-state index in [9.17, 15) is 9.59 Å². The zero-order chi connectivity index (χ0) is 12.9. The molecule has 0 unspecified atom stereocenters. The van der Waals surface area contributed by atoms with Crippen LogP contribution >= 0.6 is 0 Å². The van der Waals surface area contributed by atoms with Gasteiger partial charge in [-0.1, -0.05) is 32.6 Å². The molecule has 0 amide bonds. The van der Waals surface area contributed by atoms with Crippen LogP contribution in [0.1, 0.15) is 45.4 Å². The lowest BCUT2D eigenvalue weighted by Gasteiger charge is -1.96. The SMILES string of the molecule is CCCCCCCC=COC(=O)/C=C/C(=O)O. The van der Waals surface area contributed by atoms with Gasteiger partial charge in [-0.25, -0.2) is 9.59 Å². The second kappa shape index (κ2) is 10.9. The van der Waals surface area contributed by atoms with Gasteiger partial charge in [-0.15, -0.1) is 0 Å². The molecule has 4 heteroatoms. The van der Waals surface area contributed by atoms with Gasteiger partial charge in [0.1, 0.15) is 0 Å². The van der Waals surface area contributed by atoms with Crippen molar-refractivity contribution in [2.24, 2.45) is 0 Å². The summed E-state index contributed by atoms with van der Waals surface area (Å²) in [6, 6.07) is 0. The largest absolute Gasteiger partial charge is 0.478 e. The van der Waals surface area contributed by atoms with Gasteiger partial charge in [-0.3, -0.25) is 0 Å². The molecule has 0 bridgehead atoms. The summed E-state index contributed by atoms with van der Waals surface area (Å²) >= 11 is 0. The molecule has 0 aliphatic carbocycles. The van der Waals surface area contributed by atoms with Crippen molar-refractivity contribution in [3.63, 3.8) is 0 Å². The van der Waals surface area contributed by atoms with Crippen LogP contribution in [0.3, 0.4) is 0 Å². The van der Waals surface area contributed by atoms with Crippen molar-refractivity contribution in [3.05, 3.63) is 24.5 Å². The molecule has 0 aromatic carbocycles. The third-order valence-corrected chi connectivity index (χ3v) is 2.12. The molecule has 0 aromatic heterocycles. The van der Waals surface area contributed by atoms with Crippen molar-refractivity contribution < 1.29 is 19.4 Å². The number of allylic oxidation sites excluding steroid dienone is 1. The van der Waals surface area contributed by atoms with Gasteiger partial charge in [0.25, 0.3) is 0 Å². The van der Waals surface area contributed by atoms with Crippen molar-refractivity contribution in [2.75, 3.05) is 0 Å². The van der Waals surface area contributed by atoms with Gasteiger partial charge in [-0.2, -0.15) is 0 Å². The zero-order valence-electron chi connectivity index (χ0n) is 10.2. The summed E-state index contributed by atoms with van der Waals surface area (Å²) in [4.78, 5) is 21.0. The fraction of sp³-hybridized carbons (Fsp3) is 0.538. The van der Waals surface area contributed by atoms with Crippen LogP contribution in [0.5, 0.6) is 0 Å². The molecule has 1 N–H and O–H groups in total. The third-order valence-electron chi connectivity index (χ3n) is 2.12. The Morgan fingerprint density at radius 3 is 2.47 bits per heavy atom. The number of ether oxygens (including phenoxy) is 1. The smallest absolute Gasteiger partial charge is 0.335 e. The number of rotatable bonds is 9. The first-order valence-corrected chi connectivity index (χ1v) is 5.93. The Morgan fingerprint density at radius 2 is 1.82 bits per heavy atom. The second-order valence-electron chi connectivity index (χ2n) is 3.68. The van der Waals surface area contributed by atoms with Crippen molar-refractivity contribution in [1.29, 1.82) is 0 Å². The Labute approximate surface area is 102 Å². The lowest BCUT2D eigenvalue weighted by molar-refractivity contribution is -0.134. The maximum atomic E-state index is 10.9. The average Bonchev–Trinajstić information content (AvgIpc) is 2.30. The van der Waals surface area contributed by atoms with E-state index in [0.29, 0.717) is 0 Å². The molecular formula is C13H20O4. The number of aliphatic carboxylic acids is 1. The lowest BCUT2D eigenvalue weighted by Crippen LogP contribution is -1.96. The van der Waals surface area contributed by atoms with E-state index in [1.54, 1.807) is 6.08 Å². The van der Waals surface area contributed by atoms with E-state index >= 15 is 0 Å². The fourth-order valence-corrected chi connectivity index (χ4v) is 1.23. The summed E-state index contributed by atoms with van der Waals surface area (Å²) in [6.07, 6.45) is 11.6. The van der Waals surface area contributed by atoms with Crippen LogP contribution in [0.4, 0.5) is 0 Å². The first-order valence-electron chi connectivity index (χ1n) is 5.93. The number of carbonyl (C=O) groups excluding carboxylic acids is 1. The summed E-state index contributed by atoms with van der Waals surface area (Å²) in [5.74, 6) is -1.84. The van der Waals surface area contributed by atoms with Gasteiger partial charge in [0, 0.05) is 12.2 Å². The molecule has 0 aliphatic rings. The predicted octanol–water partition coefficient (Wildman–Crippen LogP) is 3.04. The highest BCUT2D eigenvalue weighted by atomic mass is 16.5. The van der Waals surface area contributed by atoms with Crippen molar-refractivity contribution in [1.82, 2.24) is 0 Å². The van der Waals surface area contributed by atoms with Gasteiger partial charge >= 0.3 is 11.9 Å². The Kier molecular flexibility index (Phi) is 9.91. The maximum Gasteiger partial charge on any atom is 0.335 e. The van der Waals surface area contributed by atoms with Crippen LogP contribution in [0, 0.1) is 0 Å². The van der Waals surface area contributed by atoms with E-state index in [2.05, 4.69) is 11.7 Å². The van der Waals surface area contributed by atoms with Gasteiger partial charge in [-0.05, 0) is 18.9 Å². The average molecular weight is 240 g/mol. The van der Waals surface area contributed by atoms with Crippen molar-refractivity contribution in [2.45, 2.75) is 45.4 Å². The number of hydrogen-bond acceptors (Lipinski definition) is 3. The molecule has 0 aliphatic heterocycles. The third kappa shape index (κ3) is 12.4. The lowest BCUT2D eigenvalue weighted by atomic mass is 10.1. The Bertz CT molecular complexity index is 279. The summed E-state index contributed by atoms with van der Waals surface area (Å²) in [5.41, 5.74) is 0. The summed E-state index contributed by atoms with van der Waals surface area (Å²) in [5, 5.41) is 8.26. The molecule has 0 aromatic rings. The number of carbonyl (C=O) groups is 2. The zero-order valence-corrected chi connectivity index (χ0v) is 10.2. The molecule has 4 nitrogen and oxygen atoms in total. The Morgan fingerprint density at radius 1 is 1.12 bits per heavy atom. The van der Waals surface area contributed by atoms with Gasteiger partial charge < -0.3 is 9.84 Å². The minimum Gasteiger partial charge on any atom is -0.478 e. The van der Waals surface area contributed by atoms with E-state index in [-0.39, 0.29) is 0 Å². The minimum absolute atomic E-state index is 0.672. The molecular weight excluding hydrogens is 220 g/mol. The summed E-state index contributed by atoms with van der Waals surface area (Å²) in [6.45, 7) is 2.17. The highest BCUT2D eigenvalue weighted by Crippen LogP contribution is 2.05. The monoisotopic (exact) mass is 240 g/mol. The quantitative estimate of drug-likeness (QED) is 0.291. The van der Waals surface area contributed by atoms with Gasteiger partial charge in [0.05, 0.1) is 6.26 Å². The second-order valence-corrected chi connectivity index (χ2v) is 3.68. The summed E-state index contributed by atoms with van der Waals surface area (Å²) in [7, 11) is 0. The van der Waals surface area contributed by atoms with Crippen LogP contribution in [0.2, 0.25) is 0 Å². The first kappa shape index (κ1) is 15.4.